The third-order valence-corrected chi connectivity index (χ3v) is 5.33. The van der Waals surface area contributed by atoms with Crippen LogP contribution in [-0.4, -0.2) is 28.9 Å². The normalized spacial score (nSPS) is 23.5. The Labute approximate surface area is 121 Å². The van der Waals surface area contributed by atoms with Gasteiger partial charge in [0.2, 0.25) is 5.91 Å². The molecule has 0 aromatic heterocycles. The molecule has 0 aromatic carbocycles. The third kappa shape index (κ3) is 2.93. The number of amides is 1. The lowest BCUT2D eigenvalue weighted by Gasteiger charge is -2.38. The van der Waals surface area contributed by atoms with E-state index in [9.17, 15) is 4.79 Å². The lowest BCUT2D eigenvalue weighted by atomic mass is 9.83. The van der Waals surface area contributed by atoms with Gasteiger partial charge >= 0.3 is 0 Å². The lowest BCUT2D eigenvalue weighted by Crippen LogP contribution is -2.51. The van der Waals surface area contributed by atoms with E-state index >= 15 is 0 Å². The zero-order valence-corrected chi connectivity index (χ0v) is 12.8. The molecule has 2 rings (SSSR count). The summed E-state index contributed by atoms with van der Waals surface area (Å²) >= 11 is 5.21. The molecule has 2 fully saturated rings. The monoisotopic (exact) mass is 282 g/mol. The molecule has 108 valence electrons. The molecule has 3 nitrogen and oxygen atoms in total. The summed E-state index contributed by atoms with van der Waals surface area (Å²) in [4.78, 5) is 15.2. The maximum atomic E-state index is 12.8. The van der Waals surface area contributed by atoms with Crippen molar-refractivity contribution in [2.45, 2.75) is 58.3 Å². The van der Waals surface area contributed by atoms with Crippen molar-refractivity contribution in [3.05, 3.63) is 0 Å². The van der Waals surface area contributed by atoms with Gasteiger partial charge < -0.3 is 10.6 Å². The number of nitrogens with two attached hydrogens (primary N) is 1. The van der Waals surface area contributed by atoms with Crippen LogP contribution in [0.25, 0.3) is 0 Å². The molecule has 0 unspecified atom stereocenters. The van der Waals surface area contributed by atoms with Gasteiger partial charge in [-0.2, -0.15) is 0 Å². The van der Waals surface area contributed by atoms with Crippen molar-refractivity contribution in [2.24, 2.45) is 17.1 Å². The van der Waals surface area contributed by atoms with Gasteiger partial charge in [-0.1, -0.05) is 44.8 Å². The number of likely N-dealkylation sites (tertiary alicyclic amines) is 1. The molecule has 1 saturated heterocycles. The fourth-order valence-corrected chi connectivity index (χ4v) is 3.97. The molecule has 1 aliphatic carbocycles. The standard InChI is InChI=1S/C15H26N2OS/c1-2-5-12-6-10-17(11-7-12)14(18)15(13(16)19)8-3-4-9-15/h12H,2-11H2,1H3,(H2,16,19). The molecule has 0 spiro atoms. The van der Waals surface area contributed by atoms with Crippen LogP contribution in [0, 0.1) is 11.3 Å². The highest BCUT2D eigenvalue weighted by Crippen LogP contribution is 2.41. The fraction of sp³-hybridized carbons (Fsp3) is 0.867. The molecule has 4 heteroatoms. The second kappa shape index (κ2) is 6.21. The molecule has 1 amide bonds. The van der Waals surface area contributed by atoms with Crippen molar-refractivity contribution < 1.29 is 4.79 Å². The summed E-state index contributed by atoms with van der Waals surface area (Å²) in [5.41, 5.74) is 5.39. The van der Waals surface area contributed by atoms with E-state index in [4.69, 9.17) is 18.0 Å². The van der Waals surface area contributed by atoms with Gasteiger partial charge in [0.1, 0.15) is 0 Å². The highest BCUT2D eigenvalue weighted by atomic mass is 32.1. The van der Waals surface area contributed by atoms with Gasteiger partial charge in [-0.3, -0.25) is 4.79 Å². The minimum absolute atomic E-state index is 0.215. The molecule has 0 atom stereocenters. The number of piperidine rings is 1. The van der Waals surface area contributed by atoms with Crippen LogP contribution in [0.4, 0.5) is 0 Å². The van der Waals surface area contributed by atoms with Gasteiger partial charge in [0.05, 0.1) is 10.4 Å². The highest BCUT2D eigenvalue weighted by Gasteiger charge is 2.46. The number of hydrogen-bond donors (Lipinski definition) is 1. The topological polar surface area (TPSA) is 46.3 Å². The summed E-state index contributed by atoms with van der Waals surface area (Å²) in [6, 6.07) is 0. The van der Waals surface area contributed by atoms with E-state index in [1.54, 1.807) is 0 Å². The summed E-state index contributed by atoms with van der Waals surface area (Å²) in [5.74, 6) is 1.02. The SMILES string of the molecule is CCCC1CCN(C(=O)C2(C(N)=S)CCCC2)CC1. The van der Waals surface area contributed by atoms with Crippen molar-refractivity contribution in [3.8, 4) is 0 Å². The molecule has 2 aliphatic rings. The molecular formula is C15H26N2OS. The van der Waals surface area contributed by atoms with E-state index < -0.39 is 5.41 Å². The molecule has 0 aromatic rings. The van der Waals surface area contributed by atoms with Gasteiger partial charge in [-0.25, -0.2) is 0 Å². The van der Waals surface area contributed by atoms with Crippen molar-refractivity contribution in [2.75, 3.05) is 13.1 Å². The number of nitrogens with zero attached hydrogens (tertiary/aromatic N) is 1. The quantitative estimate of drug-likeness (QED) is 0.807. The summed E-state index contributed by atoms with van der Waals surface area (Å²) < 4.78 is 0. The van der Waals surface area contributed by atoms with Crippen LogP contribution in [0.15, 0.2) is 0 Å². The first-order valence-electron chi connectivity index (χ1n) is 7.69. The van der Waals surface area contributed by atoms with E-state index in [0.717, 1.165) is 57.5 Å². The second-order valence-electron chi connectivity index (χ2n) is 6.18. The van der Waals surface area contributed by atoms with E-state index in [2.05, 4.69) is 6.92 Å². The van der Waals surface area contributed by atoms with Gasteiger partial charge in [-0.05, 0) is 31.6 Å². The van der Waals surface area contributed by atoms with E-state index in [1.165, 1.54) is 12.8 Å². The molecule has 0 bridgehead atoms. The molecule has 1 saturated carbocycles. The average Bonchev–Trinajstić information content (AvgIpc) is 2.90. The van der Waals surface area contributed by atoms with Gasteiger partial charge in [0.15, 0.2) is 0 Å². The lowest BCUT2D eigenvalue weighted by molar-refractivity contribution is -0.139. The predicted molar refractivity (Wildman–Crippen MR) is 81.9 cm³/mol. The van der Waals surface area contributed by atoms with E-state index in [0.29, 0.717) is 4.99 Å². The summed E-state index contributed by atoms with van der Waals surface area (Å²) in [6.07, 6.45) is 8.70. The van der Waals surface area contributed by atoms with Crippen molar-refractivity contribution in [3.63, 3.8) is 0 Å². The molecule has 0 radical (unpaired) electrons. The predicted octanol–water partition coefficient (Wildman–Crippen LogP) is 2.87. The first-order valence-corrected chi connectivity index (χ1v) is 8.10. The van der Waals surface area contributed by atoms with Crippen LogP contribution < -0.4 is 5.73 Å². The van der Waals surface area contributed by atoms with Crippen LogP contribution in [0.2, 0.25) is 0 Å². The number of rotatable bonds is 4. The molecule has 19 heavy (non-hydrogen) atoms. The van der Waals surface area contributed by atoms with Crippen LogP contribution in [0.3, 0.4) is 0 Å². The zero-order valence-electron chi connectivity index (χ0n) is 12.0. The Bertz CT molecular complexity index is 342. The van der Waals surface area contributed by atoms with E-state index in [-0.39, 0.29) is 5.91 Å². The Morgan fingerprint density at radius 2 is 1.89 bits per heavy atom. The highest BCUT2D eigenvalue weighted by molar-refractivity contribution is 7.80. The Morgan fingerprint density at radius 1 is 1.32 bits per heavy atom. The molecule has 1 heterocycles. The fourth-order valence-electron chi connectivity index (χ4n) is 3.68. The average molecular weight is 282 g/mol. The van der Waals surface area contributed by atoms with Gasteiger partial charge in [-0.15, -0.1) is 0 Å². The number of hydrogen-bond acceptors (Lipinski definition) is 2. The minimum Gasteiger partial charge on any atom is -0.392 e. The van der Waals surface area contributed by atoms with Gasteiger partial charge in [0.25, 0.3) is 0 Å². The van der Waals surface area contributed by atoms with Crippen LogP contribution in [-0.2, 0) is 4.79 Å². The maximum Gasteiger partial charge on any atom is 0.235 e. The van der Waals surface area contributed by atoms with Gasteiger partial charge in [0, 0.05) is 13.1 Å². The molecular weight excluding hydrogens is 256 g/mol. The summed E-state index contributed by atoms with van der Waals surface area (Å²) in [5, 5.41) is 0. The van der Waals surface area contributed by atoms with Crippen LogP contribution in [0.5, 0.6) is 0 Å². The number of carbonyl (C=O) groups is 1. The largest absolute Gasteiger partial charge is 0.392 e. The molecule has 1 aliphatic heterocycles. The first-order chi connectivity index (χ1) is 9.10. The Hall–Kier alpha value is -0.640. The summed E-state index contributed by atoms with van der Waals surface area (Å²) in [7, 11) is 0. The van der Waals surface area contributed by atoms with Crippen LogP contribution >= 0.6 is 12.2 Å². The van der Waals surface area contributed by atoms with Crippen molar-refractivity contribution >= 4 is 23.1 Å². The Kier molecular flexibility index (Phi) is 4.82. The van der Waals surface area contributed by atoms with Crippen molar-refractivity contribution in [1.82, 2.24) is 4.90 Å². The smallest absolute Gasteiger partial charge is 0.235 e. The third-order valence-electron chi connectivity index (χ3n) is 4.94. The van der Waals surface area contributed by atoms with E-state index in [1.807, 2.05) is 4.90 Å². The summed E-state index contributed by atoms with van der Waals surface area (Å²) in [6.45, 7) is 4.03. The number of carbonyl (C=O) groups excluding carboxylic acids is 1. The van der Waals surface area contributed by atoms with Crippen molar-refractivity contribution in [1.29, 1.82) is 0 Å². The second-order valence-corrected chi connectivity index (χ2v) is 6.62. The maximum absolute atomic E-state index is 12.8. The van der Waals surface area contributed by atoms with Crippen LogP contribution in [0.1, 0.15) is 58.3 Å². The Balaban J connectivity index is 1.98. The number of thiocarbonyl (C=S) groups is 1. The minimum atomic E-state index is -0.507. The molecule has 2 N–H and O–H groups in total. The first kappa shape index (κ1) is 14.8. The zero-order chi connectivity index (χ0) is 13.9. The Morgan fingerprint density at radius 3 is 2.37 bits per heavy atom.